The van der Waals surface area contributed by atoms with Crippen LogP contribution in [0.15, 0.2) is 28.7 Å². The van der Waals surface area contributed by atoms with Gasteiger partial charge in [-0.3, -0.25) is 4.79 Å². The van der Waals surface area contributed by atoms with Crippen LogP contribution >= 0.6 is 23.1 Å². The van der Waals surface area contributed by atoms with Crippen LogP contribution in [0.2, 0.25) is 0 Å². The number of aromatic nitrogens is 2. The van der Waals surface area contributed by atoms with Gasteiger partial charge in [0.15, 0.2) is 5.69 Å². The highest BCUT2D eigenvalue weighted by molar-refractivity contribution is 7.98. The van der Waals surface area contributed by atoms with E-state index >= 15 is 0 Å². The van der Waals surface area contributed by atoms with Crippen molar-refractivity contribution in [2.24, 2.45) is 0 Å². The maximum absolute atomic E-state index is 12.4. The van der Waals surface area contributed by atoms with Crippen LogP contribution in [-0.2, 0) is 12.7 Å². The van der Waals surface area contributed by atoms with Crippen molar-refractivity contribution in [3.05, 3.63) is 40.0 Å². The van der Waals surface area contributed by atoms with Crippen LogP contribution < -0.4 is 5.32 Å². The monoisotopic (exact) mass is 333 g/mol. The molecule has 2 heterocycles. The van der Waals surface area contributed by atoms with Crippen LogP contribution in [0.1, 0.15) is 21.1 Å². The van der Waals surface area contributed by atoms with Gasteiger partial charge < -0.3 is 5.32 Å². The summed E-state index contributed by atoms with van der Waals surface area (Å²) >= 11 is 2.25. The molecule has 0 atom stereocenters. The lowest BCUT2D eigenvalue weighted by atomic mass is 10.2. The third-order valence-electron chi connectivity index (χ3n) is 2.45. The van der Waals surface area contributed by atoms with Gasteiger partial charge in [-0.15, -0.1) is 23.1 Å². The normalized spacial score (nSPS) is 11.4. The summed E-state index contributed by atoms with van der Waals surface area (Å²) in [7, 11) is 0. The number of pyridine rings is 1. The van der Waals surface area contributed by atoms with Crippen molar-refractivity contribution >= 4 is 29.0 Å². The molecule has 0 saturated carbocycles. The highest BCUT2D eigenvalue weighted by Crippen LogP contribution is 2.29. The Morgan fingerprint density at radius 1 is 1.48 bits per heavy atom. The molecule has 9 heteroatoms. The van der Waals surface area contributed by atoms with E-state index in [0.717, 1.165) is 16.7 Å². The number of rotatable bonds is 4. The van der Waals surface area contributed by atoms with Crippen molar-refractivity contribution in [3.8, 4) is 0 Å². The van der Waals surface area contributed by atoms with Gasteiger partial charge in [0, 0.05) is 17.1 Å². The first-order valence-corrected chi connectivity index (χ1v) is 7.80. The minimum absolute atomic E-state index is 0.0451. The lowest BCUT2D eigenvalue weighted by Crippen LogP contribution is -2.23. The number of nitrogens with one attached hydrogen (secondary N) is 1. The van der Waals surface area contributed by atoms with E-state index in [4.69, 9.17) is 0 Å². The third kappa shape index (κ3) is 4.18. The number of thiazole rings is 1. The van der Waals surface area contributed by atoms with Crippen LogP contribution in [0.25, 0.3) is 0 Å². The summed E-state index contributed by atoms with van der Waals surface area (Å²) in [4.78, 5) is 19.4. The predicted octanol–water partition coefficient (Wildman–Crippen LogP) is 3.21. The lowest BCUT2D eigenvalue weighted by Gasteiger charge is -2.04. The molecule has 0 aromatic carbocycles. The number of carbonyl (C=O) groups is 1. The minimum atomic E-state index is -4.46. The summed E-state index contributed by atoms with van der Waals surface area (Å²) in [6.45, 7) is -0.0451. The number of hydrogen-bond acceptors (Lipinski definition) is 5. The summed E-state index contributed by atoms with van der Waals surface area (Å²) < 4.78 is 37.2. The first-order valence-electron chi connectivity index (χ1n) is 5.70. The molecule has 2 aromatic rings. The van der Waals surface area contributed by atoms with Crippen molar-refractivity contribution in [2.75, 3.05) is 6.26 Å². The molecule has 112 valence electrons. The second-order valence-corrected chi connectivity index (χ2v) is 5.66. The summed E-state index contributed by atoms with van der Waals surface area (Å²) in [5.74, 6) is -0.378. The van der Waals surface area contributed by atoms with Crippen LogP contribution in [0, 0.1) is 0 Å². The molecule has 0 fully saturated rings. The smallest absolute Gasteiger partial charge is 0.346 e. The zero-order valence-corrected chi connectivity index (χ0v) is 12.4. The number of alkyl halides is 3. The molecule has 1 N–H and O–H groups in total. The molecule has 0 unspecified atom stereocenters. The first kappa shape index (κ1) is 15.8. The molecule has 0 saturated heterocycles. The molecule has 0 bridgehead atoms. The number of hydrogen-bond donors (Lipinski definition) is 1. The molecular formula is C12H10F3N3OS2. The van der Waals surface area contributed by atoms with Crippen LogP contribution in [0.4, 0.5) is 13.2 Å². The van der Waals surface area contributed by atoms with Gasteiger partial charge in [-0.05, 0) is 18.4 Å². The van der Waals surface area contributed by atoms with Gasteiger partial charge in [-0.1, -0.05) is 0 Å². The van der Waals surface area contributed by atoms with E-state index in [9.17, 15) is 18.0 Å². The summed E-state index contributed by atoms with van der Waals surface area (Å²) in [5, 5.41) is 4.36. The van der Waals surface area contributed by atoms with E-state index in [2.05, 4.69) is 15.3 Å². The average molecular weight is 333 g/mol. The fraction of sp³-hybridized carbons (Fsp3) is 0.250. The van der Waals surface area contributed by atoms with Crippen molar-refractivity contribution in [3.63, 3.8) is 0 Å². The van der Waals surface area contributed by atoms with Gasteiger partial charge in [0.1, 0.15) is 5.01 Å². The largest absolute Gasteiger partial charge is 0.434 e. The van der Waals surface area contributed by atoms with Gasteiger partial charge >= 0.3 is 6.18 Å². The van der Waals surface area contributed by atoms with E-state index < -0.39 is 11.9 Å². The molecular weight excluding hydrogens is 323 g/mol. The van der Waals surface area contributed by atoms with Crippen molar-refractivity contribution in [1.29, 1.82) is 0 Å². The first-order chi connectivity index (χ1) is 9.90. The number of carbonyl (C=O) groups excluding carboxylic acids is 1. The van der Waals surface area contributed by atoms with Gasteiger partial charge in [0.2, 0.25) is 0 Å². The molecule has 0 aliphatic carbocycles. The molecule has 1 amide bonds. The summed E-state index contributed by atoms with van der Waals surface area (Å²) in [6, 6.07) is 3.15. The van der Waals surface area contributed by atoms with E-state index in [1.54, 1.807) is 6.07 Å². The van der Waals surface area contributed by atoms with Gasteiger partial charge in [-0.25, -0.2) is 9.97 Å². The maximum atomic E-state index is 12.4. The molecule has 4 nitrogen and oxygen atoms in total. The van der Waals surface area contributed by atoms with Gasteiger partial charge in [0.05, 0.1) is 11.6 Å². The molecule has 2 rings (SSSR count). The minimum Gasteiger partial charge on any atom is -0.346 e. The molecule has 0 aliphatic rings. The van der Waals surface area contributed by atoms with Crippen LogP contribution in [0.3, 0.4) is 0 Å². The Morgan fingerprint density at radius 3 is 2.86 bits per heavy atom. The summed E-state index contributed by atoms with van der Waals surface area (Å²) in [6.07, 6.45) is -1.12. The molecule has 0 spiro atoms. The molecule has 21 heavy (non-hydrogen) atoms. The van der Waals surface area contributed by atoms with E-state index in [-0.39, 0.29) is 17.5 Å². The quantitative estimate of drug-likeness (QED) is 0.873. The highest BCUT2D eigenvalue weighted by atomic mass is 32.2. The van der Waals surface area contributed by atoms with E-state index in [0.29, 0.717) is 10.6 Å². The third-order valence-corrected chi connectivity index (χ3v) is 3.94. The number of halogens is 3. The SMILES string of the molecule is CSc1cc(C(=O)NCc2nc(C(F)(F)F)cs2)ccn1. The lowest BCUT2D eigenvalue weighted by molar-refractivity contribution is -0.140. The fourth-order valence-corrected chi connectivity index (χ4v) is 2.59. The second kappa shape index (κ2) is 6.44. The second-order valence-electron chi connectivity index (χ2n) is 3.89. The number of thioether (sulfide) groups is 1. The van der Waals surface area contributed by atoms with E-state index in [1.165, 1.54) is 24.0 Å². The Kier molecular flexibility index (Phi) is 4.84. The Morgan fingerprint density at radius 2 is 2.24 bits per heavy atom. The van der Waals surface area contributed by atoms with Crippen LogP contribution in [0.5, 0.6) is 0 Å². The Hall–Kier alpha value is -1.61. The van der Waals surface area contributed by atoms with Gasteiger partial charge in [-0.2, -0.15) is 13.2 Å². The van der Waals surface area contributed by atoms with E-state index in [1.807, 2.05) is 6.26 Å². The molecule has 0 aliphatic heterocycles. The molecule has 2 aromatic heterocycles. The number of nitrogens with zero attached hydrogens (tertiary/aromatic N) is 2. The Bertz CT molecular complexity index is 643. The average Bonchev–Trinajstić information content (AvgIpc) is 2.94. The highest BCUT2D eigenvalue weighted by Gasteiger charge is 2.33. The number of amides is 1. The topological polar surface area (TPSA) is 54.9 Å². The zero-order chi connectivity index (χ0) is 15.5. The van der Waals surface area contributed by atoms with Crippen molar-refractivity contribution in [2.45, 2.75) is 17.7 Å². The maximum Gasteiger partial charge on any atom is 0.434 e. The standard InChI is InChI=1S/C12H10F3N3OS2/c1-20-9-4-7(2-3-16-9)11(19)17-5-10-18-8(6-21-10)12(13,14)15/h2-4,6H,5H2,1H3,(H,17,19). The Labute approximate surface area is 126 Å². The van der Waals surface area contributed by atoms with Gasteiger partial charge in [0.25, 0.3) is 5.91 Å². The van der Waals surface area contributed by atoms with Crippen LogP contribution in [-0.4, -0.2) is 22.1 Å². The molecule has 0 radical (unpaired) electrons. The Balaban J connectivity index is 1.99. The van der Waals surface area contributed by atoms with Crippen molar-refractivity contribution in [1.82, 2.24) is 15.3 Å². The fourth-order valence-electron chi connectivity index (χ4n) is 1.44. The zero-order valence-electron chi connectivity index (χ0n) is 10.8. The predicted molar refractivity (Wildman–Crippen MR) is 74.3 cm³/mol. The summed E-state index contributed by atoms with van der Waals surface area (Å²) in [5.41, 5.74) is -0.535. The van der Waals surface area contributed by atoms with Crippen molar-refractivity contribution < 1.29 is 18.0 Å².